The van der Waals surface area contributed by atoms with Crippen LogP contribution in [0.3, 0.4) is 0 Å². The molecule has 1 aliphatic carbocycles. The summed E-state index contributed by atoms with van der Waals surface area (Å²) < 4.78 is 16.0. The zero-order valence-corrected chi connectivity index (χ0v) is 23.0. The number of aromatic nitrogens is 3. The van der Waals surface area contributed by atoms with E-state index < -0.39 is 5.82 Å². The quantitative estimate of drug-likeness (QED) is 0.226. The minimum absolute atomic E-state index is 0.00769. The molecular formula is C33H31FN6O2. The van der Waals surface area contributed by atoms with E-state index in [1.54, 1.807) is 6.20 Å². The van der Waals surface area contributed by atoms with Gasteiger partial charge in [0.2, 0.25) is 0 Å². The number of halogens is 1. The van der Waals surface area contributed by atoms with E-state index in [9.17, 15) is 14.0 Å². The van der Waals surface area contributed by atoms with Gasteiger partial charge in [0, 0.05) is 30.2 Å². The van der Waals surface area contributed by atoms with E-state index in [-0.39, 0.29) is 29.5 Å². The van der Waals surface area contributed by atoms with Gasteiger partial charge in [0.05, 0.1) is 11.8 Å². The SMILES string of the molecule is O=C(NC1CCC(NC(=O)c2cc(F)cnc2Nc2cccc(Cc3ccccc3)c2)CC1)c1cn2ccccc2n1. The lowest BCUT2D eigenvalue weighted by molar-refractivity contribution is 0.0889. The number of benzene rings is 2. The van der Waals surface area contributed by atoms with E-state index in [1.165, 1.54) is 11.6 Å². The van der Waals surface area contributed by atoms with Gasteiger partial charge in [-0.1, -0.05) is 48.5 Å². The number of rotatable bonds is 8. The van der Waals surface area contributed by atoms with Gasteiger partial charge in [0.15, 0.2) is 0 Å². The Bertz CT molecular complexity index is 1680. The van der Waals surface area contributed by atoms with Gasteiger partial charge in [-0.25, -0.2) is 14.4 Å². The maximum atomic E-state index is 14.2. The van der Waals surface area contributed by atoms with Crippen molar-refractivity contribution >= 4 is 29.0 Å². The smallest absolute Gasteiger partial charge is 0.271 e. The second-order valence-electron chi connectivity index (χ2n) is 10.6. The second-order valence-corrected chi connectivity index (χ2v) is 10.6. The van der Waals surface area contributed by atoms with Crippen LogP contribution in [-0.2, 0) is 6.42 Å². The number of carbonyl (C=O) groups excluding carboxylic acids is 2. The number of hydrogen-bond acceptors (Lipinski definition) is 5. The van der Waals surface area contributed by atoms with Crippen LogP contribution in [0.25, 0.3) is 5.65 Å². The first-order valence-corrected chi connectivity index (χ1v) is 14.1. The van der Waals surface area contributed by atoms with Crippen LogP contribution in [-0.4, -0.2) is 38.3 Å². The highest BCUT2D eigenvalue weighted by molar-refractivity contribution is 5.99. The van der Waals surface area contributed by atoms with Crippen LogP contribution < -0.4 is 16.0 Å². The molecule has 2 aromatic carbocycles. The Balaban J connectivity index is 1.06. The van der Waals surface area contributed by atoms with Gasteiger partial charge in [0.25, 0.3) is 11.8 Å². The van der Waals surface area contributed by atoms with Gasteiger partial charge < -0.3 is 20.4 Å². The first-order chi connectivity index (χ1) is 20.5. The molecule has 0 saturated heterocycles. The van der Waals surface area contributed by atoms with Gasteiger partial charge in [-0.05, 0) is 73.6 Å². The minimum atomic E-state index is -0.582. The average Bonchev–Trinajstić information content (AvgIpc) is 3.45. The van der Waals surface area contributed by atoms with Crippen molar-refractivity contribution < 1.29 is 14.0 Å². The van der Waals surface area contributed by atoms with Crippen molar-refractivity contribution in [3.63, 3.8) is 0 Å². The molecule has 1 fully saturated rings. The number of anilines is 2. The molecule has 3 heterocycles. The van der Waals surface area contributed by atoms with Crippen LogP contribution in [0.15, 0.2) is 97.5 Å². The fraction of sp³-hybridized carbons (Fsp3) is 0.212. The van der Waals surface area contributed by atoms with Gasteiger partial charge >= 0.3 is 0 Å². The van der Waals surface area contributed by atoms with Gasteiger partial charge in [-0.3, -0.25) is 9.59 Å². The molecule has 9 heteroatoms. The summed E-state index contributed by atoms with van der Waals surface area (Å²) in [6.07, 6.45) is 8.24. The van der Waals surface area contributed by atoms with Crippen LogP contribution in [0.1, 0.15) is 57.7 Å². The Morgan fingerprint density at radius 1 is 0.833 bits per heavy atom. The number of amides is 2. The Morgan fingerprint density at radius 2 is 1.55 bits per heavy atom. The molecule has 3 aromatic heterocycles. The first kappa shape index (κ1) is 27.1. The molecule has 6 rings (SSSR count). The number of nitrogens with zero attached hydrogens (tertiary/aromatic N) is 3. The predicted molar refractivity (Wildman–Crippen MR) is 159 cm³/mol. The Labute approximate surface area is 243 Å². The maximum Gasteiger partial charge on any atom is 0.271 e. The molecule has 0 aliphatic heterocycles. The second kappa shape index (κ2) is 12.2. The number of nitrogens with one attached hydrogen (secondary N) is 3. The molecular weight excluding hydrogens is 531 g/mol. The largest absolute Gasteiger partial charge is 0.349 e. The van der Waals surface area contributed by atoms with E-state index in [0.717, 1.165) is 29.5 Å². The fourth-order valence-electron chi connectivity index (χ4n) is 5.39. The first-order valence-electron chi connectivity index (χ1n) is 14.1. The Morgan fingerprint density at radius 3 is 2.31 bits per heavy atom. The number of imidazole rings is 1. The summed E-state index contributed by atoms with van der Waals surface area (Å²) in [5.74, 6) is -0.885. The number of fused-ring (bicyclic) bond motifs is 1. The maximum absolute atomic E-state index is 14.2. The summed E-state index contributed by atoms with van der Waals surface area (Å²) in [6.45, 7) is 0. The van der Waals surface area contributed by atoms with E-state index in [0.29, 0.717) is 37.2 Å². The molecule has 42 heavy (non-hydrogen) atoms. The van der Waals surface area contributed by atoms with Crippen LogP contribution in [0, 0.1) is 5.82 Å². The van der Waals surface area contributed by atoms with Crippen molar-refractivity contribution in [2.45, 2.75) is 44.2 Å². The van der Waals surface area contributed by atoms with E-state index >= 15 is 0 Å². The lowest BCUT2D eigenvalue weighted by Gasteiger charge is -2.29. The summed E-state index contributed by atoms with van der Waals surface area (Å²) in [5.41, 5.74) is 4.29. The highest BCUT2D eigenvalue weighted by Gasteiger charge is 2.26. The zero-order valence-electron chi connectivity index (χ0n) is 23.0. The average molecular weight is 563 g/mol. The van der Waals surface area contributed by atoms with Crippen molar-refractivity contribution in [1.82, 2.24) is 25.0 Å². The fourth-order valence-corrected chi connectivity index (χ4v) is 5.39. The summed E-state index contributed by atoms with van der Waals surface area (Å²) >= 11 is 0. The Kier molecular flexibility index (Phi) is 7.89. The molecule has 0 bridgehead atoms. The lowest BCUT2D eigenvalue weighted by Crippen LogP contribution is -2.44. The molecule has 1 saturated carbocycles. The number of pyridine rings is 2. The standard InChI is InChI=1S/C33H31FN6O2/c34-24-19-28(31(35-20-24)36-27-10-6-9-23(18-27)17-22-7-2-1-3-8-22)32(41)37-25-12-14-26(15-13-25)38-33(42)29-21-40-16-5-4-11-30(40)39-29/h1-11,16,18-21,25-26H,12-15,17H2,(H,35,36)(H,37,41)(H,38,42). The number of carbonyl (C=O) groups is 2. The third-order valence-electron chi connectivity index (χ3n) is 7.53. The molecule has 1 aliphatic rings. The monoisotopic (exact) mass is 562 g/mol. The zero-order chi connectivity index (χ0) is 28.9. The van der Waals surface area contributed by atoms with E-state index in [4.69, 9.17) is 0 Å². The van der Waals surface area contributed by atoms with Crippen molar-refractivity contribution in [3.8, 4) is 0 Å². The molecule has 5 aromatic rings. The molecule has 3 N–H and O–H groups in total. The lowest BCUT2D eigenvalue weighted by atomic mass is 9.91. The molecule has 0 atom stereocenters. The van der Waals surface area contributed by atoms with Gasteiger partial charge in [-0.2, -0.15) is 0 Å². The summed E-state index contributed by atoms with van der Waals surface area (Å²) in [4.78, 5) is 34.6. The van der Waals surface area contributed by atoms with Crippen LogP contribution >= 0.6 is 0 Å². The van der Waals surface area contributed by atoms with E-state index in [2.05, 4.69) is 38.1 Å². The third-order valence-corrected chi connectivity index (χ3v) is 7.53. The van der Waals surface area contributed by atoms with Crippen molar-refractivity contribution in [2.75, 3.05) is 5.32 Å². The summed E-state index contributed by atoms with van der Waals surface area (Å²) in [7, 11) is 0. The molecule has 8 nitrogen and oxygen atoms in total. The van der Waals surface area contributed by atoms with Crippen molar-refractivity contribution in [3.05, 3.63) is 126 Å². The highest BCUT2D eigenvalue weighted by Crippen LogP contribution is 2.24. The highest BCUT2D eigenvalue weighted by atomic mass is 19.1. The molecule has 2 amide bonds. The summed E-state index contributed by atoms with van der Waals surface area (Å²) in [6, 6.07) is 24.8. The summed E-state index contributed by atoms with van der Waals surface area (Å²) in [5, 5.41) is 9.31. The van der Waals surface area contributed by atoms with Crippen molar-refractivity contribution in [2.24, 2.45) is 0 Å². The topological polar surface area (TPSA) is 100 Å². The molecule has 0 spiro atoms. The minimum Gasteiger partial charge on any atom is -0.349 e. The predicted octanol–water partition coefficient (Wildman–Crippen LogP) is 5.67. The van der Waals surface area contributed by atoms with Gasteiger partial charge in [0.1, 0.15) is 23.0 Å². The van der Waals surface area contributed by atoms with Crippen LogP contribution in [0.4, 0.5) is 15.9 Å². The number of hydrogen-bond donors (Lipinski definition) is 3. The van der Waals surface area contributed by atoms with Gasteiger partial charge in [-0.15, -0.1) is 0 Å². The van der Waals surface area contributed by atoms with Crippen LogP contribution in [0.5, 0.6) is 0 Å². The Hall–Kier alpha value is -5.05. The van der Waals surface area contributed by atoms with E-state index in [1.807, 2.05) is 71.3 Å². The van der Waals surface area contributed by atoms with Crippen LogP contribution in [0.2, 0.25) is 0 Å². The third kappa shape index (κ3) is 6.46. The molecule has 212 valence electrons. The van der Waals surface area contributed by atoms with Crippen molar-refractivity contribution in [1.29, 1.82) is 0 Å². The molecule has 0 unspecified atom stereocenters. The normalized spacial score (nSPS) is 16.6. The molecule has 0 radical (unpaired) electrons.